The zero-order valence-corrected chi connectivity index (χ0v) is 13.0. The molecule has 1 aliphatic carbocycles. The lowest BCUT2D eigenvalue weighted by Gasteiger charge is -2.37. The van der Waals surface area contributed by atoms with Gasteiger partial charge in [0.15, 0.2) is 0 Å². The maximum absolute atomic E-state index is 11.8. The molecule has 1 amide bonds. The van der Waals surface area contributed by atoms with E-state index in [1.807, 2.05) is 13.8 Å². The van der Waals surface area contributed by atoms with Gasteiger partial charge >= 0.3 is 0 Å². The van der Waals surface area contributed by atoms with Gasteiger partial charge in [0.05, 0.1) is 6.10 Å². The summed E-state index contributed by atoms with van der Waals surface area (Å²) in [5.41, 5.74) is 0. The normalized spacial score (nSPS) is 31.7. The predicted octanol–water partition coefficient (Wildman–Crippen LogP) is 1.92. The number of amides is 1. The molecule has 1 saturated carbocycles. The monoisotopic (exact) mass is 282 g/mol. The lowest BCUT2D eigenvalue weighted by atomic mass is 9.80. The van der Waals surface area contributed by atoms with Crippen molar-refractivity contribution in [3.8, 4) is 0 Å². The van der Waals surface area contributed by atoms with Crippen molar-refractivity contribution < 1.29 is 9.90 Å². The minimum absolute atomic E-state index is 0.126. The first-order valence-electron chi connectivity index (χ1n) is 8.29. The molecule has 0 aromatic heterocycles. The number of nitrogens with zero attached hydrogens (tertiary/aromatic N) is 1. The third kappa shape index (κ3) is 4.19. The average molecular weight is 282 g/mol. The van der Waals surface area contributed by atoms with Gasteiger partial charge in [-0.05, 0) is 46.1 Å². The van der Waals surface area contributed by atoms with E-state index >= 15 is 0 Å². The minimum atomic E-state index is -0.126. The Morgan fingerprint density at radius 3 is 2.70 bits per heavy atom. The van der Waals surface area contributed by atoms with Crippen molar-refractivity contribution in [3.63, 3.8) is 0 Å². The average Bonchev–Trinajstić information content (AvgIpc) is 2.84. The quantitative estimate of drug-likeness (QED) is 0.810. The summed E-state index contributed by atoms with van der Waals surface area (Å²) in [5.74, 6) is 0.578. The lowest BCUT2D eigenvalue weighted by Crippen LogP contribution is -2.44. The minimum Gasteiger partial charge on any atom is -0.393 e. The number of likely N-dealkylation sites (tertiary alicyclic amines) is 1. The van der Waals surface area contributed by atoms with Gasteiger partial charge in [0, 0.05) is 31.0 Å². The molecule has 3 atom stereocenters. The number of carbonyl (C=O) groups is 1. The van der Waals surface area contributed by atoms with Gasteiger partial charge in [0.2, 0.25) is 5.91 Å². The van der Waals surface area contributed by atoms with Crippen LogP contribution in [0.4, 0.5) is 0 Å². The molecule has 1 heterocycles. The van der Waals surface area contributed by atoms with Gasteiger partial charge in [-0.25, -0.2) is 0 Å². The Morgan fingerprint density at radius 2 is 2.00 bits per heavy atom. The molecule has 2 rings (SSSR count). The Hall–Kier alpha value is -0.610. The first-order chi connectivity index (χ1) is 9.58. The first kappa shape index (κ1) is 15.8. The summed E-state index contributed by atoms with van der Waals surface area (Å²) in [6, 6.07) is 0.717. The van der Waals surface area contributed by atoms with Crippen LogP contribution in [-0.4, -0.2) is 47.2 Å². The third-order valence-corrected chi connectivity index (χ3v) is 4.77. The maximum Gasteiger partial charge on any atom is 0.221 e. The summed E-state index contributed by atoms with van der Waals surface area (Å²) in [5, 5.41) is 13.2. The van der Waals surface area contributed by atoms with Gasteiger partial charge in [0.1, 0.15) is 0 Å². The highest BCUT2D eigenvalue weighted by molar-refractivity contribution is 5.76. The predicted molar refractivity (Wildman–Crippen MR) is 80.5 cm³/mol. The zero-order valence-electron chi connectivity index (χ0n) is 13.0. The molecule has 4 heteroatoms. The molecule has 3 unspecified atom stereocenters. The number of carbonyl (C=O) groups excluding carboxylic acids is 1. The van der Waals surface area contributed by atoms with Crippen LogP contribution in [0, 0.1) is 5.92 Å². The Kier molecular flexibility index (Phi) is 5.85. The fraction of sp³-hybridized carbons (Fsp3) is 0.938. The molecule has 0 spiro atoms. The molecule has 1 aliphatic heterocycles. The second-order valence-electron chi connectivity index (χ2n) is 6.73. The summed E-state index contributed by atoms with van der Waals surface area (Å²) in [6.45, 7) is 5.92. The Bertz CT molecular complexity index is 320. The number of hydrogen-bond acceptors (Lipinski definition) is 3. The van der Waals surface area contributed by atoms with Crippen molar-refractivity contribution >= 4 is 5.91 Å². The van der Waals surface area contributed by atoms with Crippen molar-refractivity contribution in [2.75, 3.05) is 13.1 Å². The summed E-state index contributed by atoms with van der Waals surface area (Å²) < 4.78 is 0. The van der Waals surface area contributed by atoms with E-state index in [0.29, 0.717) is 18.4 Å². The summed E-state index contributed by atoms with van der Waals surface area (Å²) >= 11 is 0. The van der Waals surface area contributed by atoms with E-state index < -0.39 is 0 Å². The summed E-state index contributed by atoms with van der Waals surface area (Å²) in [6.07, 6.45) is 7.38. The molecule has 2 fully saturated rings. The van der Waals surface area contributed by atoms with Gasteiger partial charge in [-0.15, -0.1) is 0 Å². The molecule has 0 aromatic rings. The van der Waals surface area contributed by atoms with Gasteiger partial charge in [0.25, 0.3) is 0 Å². The summed E-state index contributed by atoms with van der Waals surface area (Å²) in [4.78, 5) is 14.2. The van der Waals surface area contributed by atoms with Crippen LogP contribution in [0.5, 0.6) is 0 Å². The Labute approximate surface area is 122 Å². The topological polar surface area (TPSA) is 52.6 Å². The van der Waals surface area contributed by atoms with Crippen molar-refractivity contribution in [1.29, 1.82) is 0 Å². The van der Waals surface area contributed by atoms with E-state index in [-0.39, 0.29) is 18.1 Å². The molecule has 0 radical (unpaired) electrons. The highest BCUT2D eigenvalue weighted by atomic mass is 16.3. The van der Waals surface area contributed by atoms with E-state index in [0.717, 1.165) is 25.9 Å². The van der Waals surface area contributed by atoms with Crippen LogP contribution in [0.15, 0.2) is 0 Å². The van der Waals surface area contributed by atoms with Crippen LogP contribution < -0.4 is 5.32 Å². The molecular formula is C16H30N2O2. The molecule has 2 aliphatic rings. The van der Waals surface area contributed by atoms with E-state index in [1.165, 1.54) is 25.7 Å². The van der Waals surface area contributed by atoms with Crippen LogP contribution >= 0.6 is 0 Å². The standard InChI is InChI=1S/C16H30N2O2/c1-12(2)17-16(20)9-11-18-10-5-7-14(18)13-6-3-4-8-15(13)19/h12-15,19H,3-11H2,1-2H3,(H,17,20). The molecular weight excluding hydrogens is 252 g/mol. The fourth-order valence-electron chi connectivity index (χ4n) is 3.84. The molecule has 4 nitrogen and oxygen atoms in total. The van der Waals surface area contributed by atoms with E-state index in [9.17, 15) is 9.90 Å². The molecule has 1 saturated heterocycles. The first-order valence-corrected chi connectivity index (χ1v) is 8.29. The number of aliphatic hydroxyl groups is 1. The largest absolute Gasteiger partial charge is 0.393 e. The van der Waals surface area contributed by atoms with E-state index in [2.05, 4.69) is 10.2 Å². The van der Waals surface area contributed by atoms with Crippen LogP contribution in [0.1, 0.15) is 58.8 Å². The second kappa shape index (κ2) is 7.41. The third-order valence-electron chi connectivity index (χ3n) is 4.77. The number of hydrogen-bond donors (Lipinski definition) is 2. The number of nitrogens with one attached hydrogen (secondary N) is 1. The SMILES string of the molecule is CC(C)NC(=O)CCN1CCCC1C1CCCCC1O. The zero-order chi connectivity index (χ0) is 14.5. The second-order valence-corrected chi connectivity index (χ2v) is 6.73. The molecule has 2 N–H and O–H groups in total. The molecule has 116 valence electrons. The maximum atomic E-state index is 11.8. The number of rotatable bonds is 5. The molecule has 20 heavy (non-hydrogen) atoms. The fourth-order valence-corrected chi connectivity index (χ4v) is 3.84. The highest BCUT2D eigenvalue weighted by Crippen LogP contribution is 2.34. The molecule has 0 aromatic carbocycles. The summed E-state index contributed by atoms with van der Waals surface area (Å²) in [7, 11) is 0. The Balaban J connectivity index is 1.82. The molecule has 0 bridgehead atoms. The van der Waals surface area contributed by atoms with Crippen molar-refractivity contribution in [2.24, 2.45) is 5.92 Å². The van der Waals surface area contributed by atoms with Crippen LogP contribution in [0.3, 0.4) is 0 Å². The van der Waals surface area contributed by atoms with Crippen molar-refractivity contribution in [2.45, 2.75) is 77.0 Å². The Morgan fingerprint density at radius 1 is 1.25 bits per heavy atom. The van der Waals surface area contributed by atoms with E-state index in [4.69, 9.17) is 0 Å². The van der Waals surface area contributed by atoms with E-state index in [1.54, 1.807) is 0 Å². The smallest absolute Gasteiger partial charge is 0.221 e. The van der Waals surface area contributed by atoms with Gasteiger partial charge < -0.3 is 10.4 Å². The van der Waals surface area contributed by atoms with Crippen LogP contribution in [-0.2, 0) is 4.79 Å². The number of aliphatic hydroxyl groups excluding tert-OH is 1. The van der Waals surface area contributed by atoms with Crippen LogP contribution in [0.2, 0.25) is 0 Å². The van der Waals surface area contributed by atoms with Gasteiger partial charge in [-0.2, -0.15) is 0 Å². The van der Waals surface area contributed by atoms with Gasteiger partial charge in [-0.1, -0.05) is 12.8 Å². The van der Waals surface area contributed by atoms with Crippen molar-refractivity contribution in [3.05, 3.63) is 0 Å². The van der Waals surface area contributed by atoms with Crippen LogP contribution in [0.25, 0.3) is 0 Å². The lowest BCUT2D eigenvalue weighted by molar-refractivity contribution is -0.122. The highest BCUT2D eigenvalue weighted by Gasteiger charge is 2.36. The van der Waals surface area contributed by atoms with Crippen molar-refractivity contribution in [1.82, 2.24) is 10.2 Å². The van der Waals surface area contributed by atoms with Gasteiger partial charge in [-0.3, -0.25) is 9.69 Å².